The van der Waals surface area contributed by atoms with Crippen LogP contribution in [0.3, 0.4) is 0 Å². The molecule has 3 aromatic rings. The SMILES string of the molecule is CCN1C(=O)[C@@H](NC(=O)c2cccc(C(F)(F)F)c2)[C@@H](c2ccc(F)cc2)c2c([C@@H](C)N(C)C#N)nn(C3=CC=CCC3)c21. The van der Waals surface area contributed by atoms with Crippen molar-refractivity contribution in [2.45, 2.75) is 50.9 Å². The van der Waals surface area contributed by atoms with Gasteiger partial charge in [-0.3, -0.25) is 14.5 Å². The van der Waals surface area contributed by atoms with E-state index in [1.165, 1.54) is 40.1 Å². The Balaban J connectivity index is 1.73. The molecule has 2 heterocycles. The number of fused-ring (bicyclic) bond motifs is 1. The first-order valence-corrected chi connectivity index (χ1v) is 14.1. The van der Waals surface area contributed by atoms with Gasteiger partial charge in [-0.1, -0.05) is 30.4 Å². The highest BCUT2D eigenvalue weighted by Crippen LogP contribution is 2.46. The average molecular weight is 607 g/mol. The lowest BCUT2D eigenvalue weighted by atomic mass is 9.80. The molecule has 0 radical (unpaired) electrons. The van der Waals surface area contributed by atoms with E-state index < -0.39 is 47.4 Å². The van der Waals surface area contributed by atoms with Crippen molar-refractivity contribution in [2.24, 2.45) is 0 Å². The van der Waals surface area contributed by atoms with Gasteiger partial charge in [0.25, 0.3) is 11.8 Å². The first kappa shape index (κ1) is 30.5. The molecule has 44 heavy (non-hydrogen) atoms. The fourth-order valence-electron chi connectivity index (χ4n) is 5.66. The van der Waals surface area contributed by atoms with Crippen molar-refractivity contribution >= 4 is 23.3 Å². The molecule has 2 aromatic carbocycles. The molecule has 1 aliphatic carbocycles. The molecular weight excluding hydrogens is 576 g/mol. The first-order valence-electron chi connectivity index (χ1n) is 14.1. The topological polar surface area (TPSA) is 94.3 Å². The van der Waals surface area contributed by atoms with Crippen LogP contribution >= 0.6 is 0 Å². The minimum Gasteiger partial charge on any atom is -0.339 e. The molecule has 12 heteroatoms. The lowest BCUT2D eigenvalue weighted by Gasteiger charge is -2.39. The Morgan fingerprint density at radius 1 is 1.23 bits per heavy atom. The predicted molar refractivity (Wildman–Crippen MR) is 156 cm³/mol. The molecule has 1 N–H and O–H groups in total. The van der Waals surface area contributed by atoms with Crippen LogP contribution in [0.4, 0.5) is 23.4 Å². The molecular formula is C32H30F4N6O2. The second-order valence-electron chi connectivity index (χ2n) is 10.7. The smallest absolute Gasteiger partial charge is 0.339 e. The van der Waals surface area contributed by atoms with Crippen LogP contribution in [0.1, 0.15) is 71.4 Å². The standard InChI is InChI=1S/C32H30F4N6O2/c1-4-41-30-26(27(19(2)40(3)18-37)39-42(30)24-11-6-5-7-12-24)25(20-13-15-23(33)16-14-20)28(31(41)44)38-29(43)21-9-8-10-22(17-21)32(34,35)36/h5-6,8-11,13-17,19,25,28H,4,7,12H2,1-3H3,(H,38,43)/t19-,25+,28+/m1/s1. The number of allylic oxidation sites excluding steroid dienone is 4. The minimum absolute atomic E-state index is 0.189. The number of anilines is 1. The van der Waals surface area contributed by atoms with Gasteiger partial charge in [-0.2, -0.15) is 23.5 Å². The molecule has 8 nitrogen and oxygen atoms in total. The zero-order valence-electron chi connectivity index (χ0n) is 24.3. The number of amides is 2. The molecule has 0 saturated heterocycles. The van der Waals surface area contributed by atoms with E-state index in [2.05, 4.69) is 11.5 Å². The van der Waals surface area contributed by atoms with Crippen molar-refractivity contribution in [3.8, 4) is 6.19 Å². The Kier molecular flexibility index (Phi) is 8.32. The van der Waals surface area contributed by atoms with E-state index in [9.17, 15) is 32.4 Å². The van der Waals surface area contributed by atoms with Gasteiger partial charge in [0.15, 0.2) is 6.19 Å². The second kappa shape index (κ2) is 12.0. The van der Waals surface area contributed by atoms with Crippen molar-refractivity contribution in [1.29, 1.82) is 5.26 Å². The second-order valence-corrected chi connectivity index (χ2v) is 10.7. The molecule has 2 amide bonds. The maximum atomic E-state index is 14.3. The number of alkyl halides is 3. The molecule has 0 fully saturated rings. The van der Waals surface area contributed by atoms with Gasteiger partial charge in [-0.25, -0.2) is 9.07 Å². The summed E-state index contributed by atoms with van der Waals surface area (Å²) < 4.78 is 56.1. The lowest BCUT2D eigenvalue weighted by Crippen LogP contribution is -2.55. The third-order valence-corrected chi connectivity index (χ3v) is 8.04. The Morgan fingerprint density at radius 3 is 2.57 bits per heavy atom. The molecule has 5 rings (SSSR count). The highest BCUT2D eigenvalue weighted by molar-refractivity contribution is 6.05. The van der Waals surface area contributed by atoms with Crippen molar-refractivity contribution in [2.75, 3.05) is 18.5 Å². The van der Waals surface area contributed by atoms with Crippen LogP contribution in [0.25, 0.3) is 5.70 Å². The number of carbonyl (C=O) groups excluding carboxylic acids is 2. The van der Waals surface area contributed by atoms with E-state index >= 15 is 0 Å². The van der Waals surface area contributed by atoms with Gasteiger partial charge < -0.3 is 10.2 Å². The van der Waals surface area contributed by atoms with Crippen LogP contribution in [-0.4, -0.2) is 46.1 Å². The van der Waals surface area contributed by atoms with E-state index in [1.54, 1.807) is 25.6 Å². The summed E-state index contributed by atoms with van der Waals surface area (Å²) in [7, 11) is 1.60. The molecule has 2 aliphatic rings. The van der Waals surface area contributed by atoms with Gasteiger partial charge in [0, 0.05) is 36.3 Å². The number of benzene rings is 2. The van der Waals surface area contributed by atoms with Crippen molar-refractivity contribution in [3.63, 3.8) is 0 Å². The molecule has 0 spiro atoms. The number of nitriles is 1. The van der Waals surface area contributed by atoms with Crippen LogP contribution in [0.2, 0.25) is 0 Å². The van der Waals surface area contributed by atoms with Gasteiger partial charge in [0.1, 0.15) is 17.7 Å². The fraction of sp³-hybridized carbons (Fsp3) is 0.312. The summed E-state index contributed by atoms with van der Waals surface area (Å²) in [5.41, 5.74) is 1.05. The average Bonchev–Trinajstić information content (AvgIpc) is 3.41. The fourth-order valence-corrected chi connectivity index (χ4v) is 5.66. The Bertz CT molecular complexity index is 1690. The summed E-state index contributed by atoms with van der Waals surface area (Å²) >= 11 is 0. The number of hydrogen-bond donors (Lipinski definition) is 1. The highest BCUT2D eigenvalue weighted by atomic mass is 19.4. The van der Waals surface area contributed by atoms with Gasteiger partial charge in [0.2, 0.25) is 0 Å². The number of carbonyl (C=O) groups is 2. The van der Waals surface area contributed by atoms with Gasteiger partial charge in [0.05, 0.1) is 17.3 Å². The third kappa shape index (κ3) is 5.57. The summed E-state index contributed by atoms with van der Waals surface area (Å²) in [6, 6.07) is 7.59. The molecule has 0 bridgehead atoms. The molecule has 3 atom stereocenters. The normalized spacial score (nSPS) is 18.7. The zero-order valence-corrected chi connectivity index (χ0v) is 24.3. The van der Waals surface area contributed by atoms with Crippen LogP contribution in [-0.2, 0) is 11.0 Å². The van der Waals surface area contributed by atoms with Crippen molar-refractivity contribution in [3.05, 3.63) is 101 Å². The molecule has 1 aromatic heterocycles. The maximum absolute atomic E-state index is 14.3. The third-order valence-electron chi connectivity index (χ3n) is 8.04. The maximum Gasteiger partial charge on any atom is 0.416 e. The largest absolute Gasteiger partial charge is 0.416 e. The highest BCUT2D eigenvalue weighted by Gasteiger charge is 2.47. The first-order chi connectivity index (χ1) is 21.0. The van der Waals surface area contributed by atoms with Crippen molar-refractivity contribution in [1.82, 2.24) is 20.0 Å². The molecule has 228 valence electrons. The lowest BCUT2D eigenvalue weighted by molar-refractivity contribution is -0.137. The van der Waals surface area contributed by atoms with Gasteiger partial charge in [-0.05, 0) is 68.7 Å². The van der Waals surface area contributed by atoms with Crippen LogP contribution < -0.4 is 10.2 Å². The number of likely N-dealkylation sites (N-methyl/N-ethyl adjacent to an activating group) is 1. The van der Waals surface area contributed by atoms with E-state index in [0.717, 1.165) is 30.3 Å². The number of hydrogen-bond acceptors (Lipinski definition) is 5. The summed E-state index contributed by atoms with van der Waals surface area (Å²) in [6.07, 6.45) is 4.62. The number of nitrogens with one attached hydrogen (secondary N) is 1. The van der Waals surface area contributed by atoms with Crippen molar-refractivity contribution < 1.29 is 27.2 Å². The summed E-state index contributed by atoms with van der Waals surface area (Å²) in [6.45, 7) is 3.74. The Morgan fingerprint density at radius 2 is 1.95 bits per heavy atom. The summed E-state index contributed by atoms with van der Waals surface area (Å²) in [5.74, 6) is -2.34. The number of nitrogens with zero attached hydrogens (tertiary/aromatic N) is 5. The van der Waals surface area contributed by atoms with Gasteiger partial charge >= 0.3 is 6.18 Å². The predicted octanol–water partition coefficient (Wildman–Crippen LogP) is 6.00. The Labute approximate surface area is 251 Å². The molecule has 0 unspecified atom stereocenters. The zero-order chi connectivity index (χ0) is 31.8. The number of halogens is 4. The van der Waals surface area contributed by atoms with Crippen LogP contribution in [0.15, 0.2) is 66.8 Å². The summed E-state index contributed by atoms with van der Waals surface area (Å²) in [4.78, 5) is 30.7. The molecule has 0 saturated carbocycles. The number of aromatic nitrogens is 2. The Hall–Kier alpha value is -4.92. The van der Waals surface area contributed by atoms with E-state index in [0.29, 0.717) is 29.1 Å². The molecule has 1 aliphatic heterocycles. The van der Waals surface area contributed by atoms with E-state index in [4.69, 9.17) is 5.10 Å². The van der Waals surface area contributed by atoms with E-state index in [-0.39, 0.29) is 12.1 Å². The van der Waals surface area contributed by atoms with Gasteiger partial charge in [-0.15, -0.1) is 0 Å². The van der Waals surface area contributed by atoms with Crippen LogP contribution in [0, 0.1) is 17.3 Å². The minimum atomic E-state index is -4.67. The van der Waals surface area contributed by atoms with Crippen LogP contribution in [0.5, 0.6) is 0 Å². The monoisotopic (exact) mass is 606 g/mol. The number of rotatable bonds is 7. The quantitative estimate of drug-likeness (QED) is 0.202. The summed E-state index contributed by atoms with van der Waals surface area (Å²) in [5, 5.41) is 17.4. The van der Waals surface area contributed by atoms with E-state index in [1.807, 2.05) is 18.2 Å².